The lowest BCUT2D eigenvalue weighted by atomic mass is 9.52. The van der Waals surface area contributed by atoms with E-state index < -0.39 is 64.4 Å². The van der Waals surface area contributed by atoms with Gasteiger partial charge in [0.1, 0.15) is 5.75 Å². The summed E-state index contributed by atoms with van der Waals surface area (Å²) in [6.45, 7) is 0. The number of aromatic hydroxyl groups is 1. The average molecular weight is 568 g/mol. The fraction of sp³-hybridized carbons (Fsp3) is 0.414. The minimum absolute atomic E-state index is 0.00351. The maximum Gasteiger partial charge on any atom is 0.235 e. The van der Waals surface area contributed by atoms with E-state index in [0.717, 1.165) is 0 Å². The van der Waals surface area contributed by atoms with Gasteiger partial charge < -0.3 is 20.8 Å². The number of ketones is 4. The van der Waals surface area contributed by atoms with E-state index in [4.69, 9.17) is 17.3 Å². The van der Waals surface area contributed by atoms with Crippen LogP contribution in [0.5, 0.6) is 5.75 Å². The van der Waals surface area contributed by atoms with Gasteiger partial charge in [0.05, 0.1) is 17.5 Å². The summed E-state index contributed by atoms with van der Waals surface area (Å²) in [4.78, 5) is 70.2. The monoisotopic (exact) mass is 567 g/mol. The number of hydrogen-bond acceptors (Lipinski definition) is 9. The van der Waals surface area contributed by atoms with Gasteiger partial charge >= 0.3 is 0 Å². The van der Waals surface area contributed by atoms with Gasteiger partial charge in [-0.15, -0.1) is 0 Å². The molecule has 2 saturated carbocycles. The standard InChI is InChI=1S/C29H30ClN3O7/c1-32(2)18-11-15(12-5-7-14(30)8-6-12)23(34)20-16(18)9-13-10-17-22(33(3)4)25(36)21(28(31)39)27(38)29(17,40)26(37)19(13)24(20)35/h5-8,11,13,17,19,21-22,34,40H,9-10H2,1-4H3,(H2,31,39)/t13-,17-,19?,21?,22-,29-/m0/s1. The molecule has 40 heavy (non-hydrogen) atoms. The lowest BCUT2D eigenvalue weighted by molar-refractivity contribution is -0.181. The van der Waals surface area contributed by atoms with Gasteiger partial charge in [-0.2, -0.15) is 0 Å². The molecule has 6 atom stereocenters. The smallest absolute Gasteiger partial charge is 0.235 e. The Morgan fingerprint density at radius 2 is 1.68 bits per heavy atom. The largest absolute Gasteiger partial charge is 0.507 e. The zero-order valence-corrected chi connectivity index (χ0v) is 23.2. The molecule has 2 unspecified atom stereocenters. The van der Waals surface area contributed by atoms with E-state index in [1.54, 1.807) is 63.4 Å². The molecule has 2 aromatic rings. The number of anilines is 1. The van der Waals surface area contributed by atoms with Gasteiger partial charge in [0.25, 0.3) is 0 Å². The predicted octanol–water partition coefficient (Wildman–Crippen LogP) is 1.25. The number of fused-ring (bicyclic) bond motifs is 3. The number of carbonyl (C=O) groups is 5. The maximum absolute atomic E-state index is 14.1. The zero-order valence-electron chi connectivity index (χ0n) is 22.5. The number of nitrogens with zero attached hydrogens (tertiary/aromatic N) is 2. The van der Waals surface area contributed by atoms with Crippen molar-refractivity contribution in [1.29, 1.82) is 0 Å². The van der Waals surface area contributed by atoms with Crippen molar-refractivity contribution in [3.05, 3.63) is 46.5 Å². The van der Waals surface area contributed by atoms with Crippen LogP contribution in [0.25, 0.3) is 11.1 Å². The predicted molar refractivity (Wildman–Crippen MR) is 146 cm³/mol. The first-order valence-electron chi connectivity index (χ1n) is 12.9. The average Bonchev–Trinajstić information content (AvgIpc) is 2.86. The van der Waals surface area contributed by atoms with E-state index in [9.17, 15) is 34.2 Å². The Hall–Kier alpha value is -3.60. The summed E-state index contributed by atoms with van der Waals surface area (Å²) in [5.41, 5.74) is 4.70. The van der Waals surface area contributed by atoms with E-state index in [1.807, 2.05) is 0 Å². The van der Waals surface area contributed by atoms with Crippen molar-refractivity contribution in [2.75, 3.05) is 33.1 Å². The number of carbonyl (C=O) groups excluding carboxylic acids is 5. The minimum atomic E-state index is -2.76. The fourth-order valence-electron chi connectivity index (χ4n) is 6.90. The molecule has 0 spiro atoms. The molecule has 210 valence electrons. The molecule has 3 aliphatic carbocycles. The second-order valence-electron chi connectivity index (χ2n) is 11.3. The second-order valence-corrected chi connectivity index (χ2v) is 11.8. The number of amides is 1. The first-order chi connectivity index (χ1) is 18.7. The van der Waals surface area contributed by atoms with Crippen molar-refractivity contribution in [1.82, 2.24) is 4.90 Å². The number of hydrogen-bond donors (Lipinski definition) is 3. The molecule has 0 radical (unpaired) electrons. The molecule has 0 bridgehead atoms. The maximum atomic E-state index is 14.1. The summed E-state index contributed by atoms with van der Waals surface area (Å²) in [5, 5.41) is 23.6. The SMILES string of the molecule is CN(C)c1cc(-c2ccc(Cl)cc2)c(O)c2c1C[C@H]1C[C@H]3[C@H](N(C)C)C(=O)C(C(N)=O)C(=O)[C@@]3(O)C(=O)C1C2=O. The molecule has 0 saturated heterocycles. The molecule has 0 aliphatic heterocycles. The number of aliphatic hydroxyl groups is 1. The van der Waals surface area contributed by atoms with Crippen molar-refractivity contribution >= 4 is 46.3 Å². The van der Waals surface area contributed by atoms with Crippen LogP contribution in [-0.2, 0) is 25.6 Å². The Morgan fingerprint density at radius 3 is 2.23 bits per heavy atom. The lowest BCUT2D eigenvalue weighted by Crippen LogP contribution is -2.74. The number of likely N-dealkylation sites (N-methyl/N-ethyl adjacent to an activating group) is 1. The van der Waals surface area contributed by atoms with Crippen LogP contribution in [0, 0.1) is 23.7 Å². The topological polar surface area (TPSA) is 158 Å². The molecular formula is C29H30ClN3O7. The Morgan fingerprint density at radius 1 is 1.05 bits per heavy atom. The number of rotatable bonds is 4. The highest BCUT2D eigenvalue weighted by atomic mass is 35.5. The Balaban J connectivity index is 1.69. The van der Waals surface area contributed by atoms with Crippen LogP contribution in [0.2, 0.25) is 5.02 Å². The van der Waals surface area contributed by atoms with Gasteiger partial charge in [0, 0.05) is 36.3 Å². The number of halogens is 1. The summed E-state index contributed by atoms with van der Waals surface area (Å²) in [7, 11) is 6.69. The van der Waals surface area contributed by atoms with Crippen LogP contribution < -0.4 is 10.6 Å². The molecule has 2 fully saturated rings. The van der Waals surface area contributed by atoms with Crippen LogP contribution in [0.15, 0.2) is 30.3 Å². The summed E-state index contributed by atoms with van der Waals surface area (Å²) >= 11 is 6.03. The molecular weight excluding hydrogens is 538 g/mol. The molecule has 5 rings (SSSR count). The quantitative estimate of drug-likeness (QED) is 0.462. The highest BCUT2D eigenvalue weighted by molar-refractivity contribution is 6.32. The van der Waals surface area contributed by atoms with Crippen molar-refractivity contribution < 1.29 is 34.2 Å². The molecule has 0 heterocycles. The highest BCUT2D eigenvalue weighted by Crippen LogP contribution is 2.53. The van der Waals surface area contributed by atoms with E-state index >= 15 is 0 Å². The van der Waals surface area contributed by atoms with Gasteiger partial charge in [-0.25, -0.2) is 0 Å². The van der Waals surface area contributed by atoms with Gasteiger partial charge in [-0.3, -0.25) is 28.9 Å². The third kappa shape index (κ3) is 3.81. The molecule has 1 amide bonds. The van der Waals surface area contributed by atoms with Crippen molar-refractivity contribution in [2.24, 2.45) is 29.4 Å². The first kappa shape index (κ1) is 27.9. The Kier molecular flexibility index (Phi) is 6.64. The van der Waals surface area contributed by atoms with Crippen molar-refractivity contribution in [3.63, 3.8) is 0 Å². The summed E-state index contributed by atoms with van der Waals surface area (Å²) in [6, 6.07) is 7.31. The number of Topliss-reactive ketones (excluding diaryl/α,β-unsaturated/α-hetero) is 4. The normalized spacial score (nSPS) is 29.6. The Labute approximate surface area is 235 Å². The van der Waals surface area contributed by atoms with Gasteiger partial charge in [-0.1, -0.05) is 23.7 Å². The summed E-state index contributed by atoms with van der Waals surface area (Å²) < 4.78 is 0. The zero-order chi connectivity index (χ0) is 29.4. The number of benzene rings is 2. The van der Waals surface area contributed by atoms with Crippen molar-refractivity contribution in [3.8, 4) is 16.9 Å². The van der Waals surface area contributed by atoms with Crippen molar-refractivity contribution in [2.45, 2.75) is 24.5 Å². The molecule has 0 aromatic heterocycles. The van der Waals surface area contributed by atoms with Gasteiger partial charge in [0.15, 0.2) is 34.7 Å². The second kappa shape index (κ2) is 9.50. The molecule has 2 aromatic carbocycles. The van der Waals surface area contributed by atoms with Crippen LogP contribution in [0.1, 0.15) is 22.3 Å². The van der Waals surface area contributed by atoms with E-state index in [0.29, 0.717) is 27.4 Å². The first-order valence-corrected chi connectivity index (χ1v) is 13.3. The number of nitrogens with two attached hydrogens (primary N) is 1. The third-order valence-corrected chi connectivity index (χ3v) is 8.93. The molecule has 3 aliphatic rings. The number of phenolic OH excluding ortho intramolecular Hbond substituents is 1. The minimum Gasteiger partial charge on any atom is -0.507 e. The molecule has 10 nitrogen and oxygen atoms in total. The summed E-state index contributed by atoms with van der Waals surface area (Å²) in [6.07, 6.45) is 0.185. The molecule has 11 heteroatoms. The van der Waals surface area contributed by atoms with Crippen LogP contribution in [0.3, 0.4) is 0 Å². The summed E-state index contributed by atoms with van der Waals surface area (Å²) in [5.74, 6) is -10.7. The van der Waals surface area contributed by atoms with E-state index in [1.165, 1.54) is 4.90 Å². The van der Waals surface area contributed by atoms with Crippen LogP contribution in [-0.4, -0.2) is 84.0 Å². The number of phenols is 1. The Bertz CT molecular complexity index is 1490. The fourth-order valence-corrected chi connectivity index (χ4v) is 7.03. The highest BCUT2D eigenvalue weighted by Gasteiger charge is 2.69. The van der Waals surface area contributed by atoms with Crippen LogP contribution in [0.4, 0.5) is 5.69 Å². The molecule has 4 N–H and O–H groups in total. The van der Waals surface area contributed by atoms with E-state index in [2.05, 4.69) is 0 Å². The third-order valence-electron chi connectivity index (χ3n) is 8.67. The van der Waals surface area contributed by atoms with Gasteiger partial charge in [0.2, 0.25) is 5.91 Å². The lowest BCUT2D eigenvalue weighted by Gasteiger charge is -2.52. The van der Waals surface area contributed by atoms with E-state index in [-0.39, 0.29) is 24.2 Å². The number of primary amides is 1. The van der Waals surface area contributed by atoms with Crippen LogP contribution >= 0.6 is 11.6 Å². The van der Waals surface area contributed by atoms with Gasteiger partial charge in [-0.05, 0) is 62.2 Å².